The molecule has 0 bridgehead atoms. The van der Waals surface area contributed by atoms with Crippen LogP contribution in [0.15, 0.2) is 18.2 Å². The maximum Gasteiger partial charge on any atom is 0.0869 e. The molecule has 1 aromatic carbocycles. The molecule has 0 fully saturated rings. The van der Waals surface area contributed by atoms with Gasteiger partial charge in [0, 0.05) is 31.9 Å². The average Bonchev–Trinajstić information content (AvgIpc) is 2.75. The Morgan fingerprint density at radius 3 is 2.95 bits per heavy atom. The van der Waals surface area contributed by atoms with Gasteiger partial charge in [-0.05, 0) is 38.6 Å². The molecule has 1 atom stereocenters. The number of rotatable bonds is 6. The predicted molar refractivity (Wildman–Crippen MR) is 79.5 cm³/mol. The summed E-state index contributed by atoms with van der Waals surface area (Å²) in [5.74, 6) is 0. The van der Waals surface area contributed by atoms with Crippen molar-refractivity contribution < 1.29 is 5.11 Å². The Kier molecular flexibility index (Phi) is 4.45. The van der Waals surface area contributed by atoms with E-state index in [0.29, 0.717) is 13.1 Å². The van der Waals surface area contributed by atoms with Gasteiger partial charge in [-0.25, -0.2) is 0 Å². The summed E-state index contributed by atoms with van der Waals surface area (Å²) in [6.45, 7) is 4.94. The summed E-state index contributed by atoms with van der Waals surface area (Å²) in [5, 5.41) is 17.0. The maximum atomic E-state index is 10.2. The van der Waals surface area contributed by atoms with Crippen molar-refractivity contribution in [2.75, 3.05) is 39.0 Å². The van der Waals surface area contributed by atoms with Gasteiger partial charge in [0.05, 0.1) is 5.60 Å². The molecule has 0 radical (unpaired) electrons. The first-order chi connectivity index (χ1) is 8.98. The molecule has 0 aliphatic carbocycles. The Balaban J connectivity index is 1.88. The lowest BCUT2D eigenvalue weighted by Gasteiger charge is -2.27. The van der Waals surface area contributed by atoms with Crippen molar-refractivity contribution in [2.45, 2.75) is 25.5 Å². The van der Waals surface area contributed by atoms with E-state index in [0.717, 1.165) is 19.5 Å². The van der Waals surface area contributed by atoms with Crippen LogP contribution in [0.5, 0.6) is 0 Å². The fraction of sp³-hybridized carbons (Fsp3) is 0.600. The van der Waals surface area contributed by atoms with Crippen LogP contribution in [-0.4, -0.2) is 49.3 Å². The lowest BCUT2D eigenvalue weighted by molar-refractivity contribution is 0.0336. The first-order valence-corrected chi connectivity index (χ1v) is 6.90. The molecule has 19 heavy (non-hydrogen) atoms. The topological polar surface area (TPSA) is 47.5 Å². The molecular weight excluding hydrogens is 238 g/mol. The third-order valence-corrected chi connectivity index (χ3v) is 3.41. The second-order valence-electron chi connectivity index (χ2n) is 5.97. The quantitative estimate of drug-likeness (QED) is 0.718. The van der Waals surface area contributed by atoms with Gasteiger partial charge in [0.25, 0.3) is 0 Å². The van der Waals surface area contributed by atoms with Crippen LogP contribution in [0.3, 0.4) is 0 Å². The first kappa shape index (κ1) is 14.3. The normalized spacial score (nSPS) is 17.1. The van der Waals surface area contributed by atoms with E-state index in [2.05, 4.69) is 28.8 Å². The average molecular weight is 263 g/mol. The van der Waals surface area contributed by atoms with Gasteiger partial charge in [0.15, 0.2) is 0 Å². The highest BCUT2D eigenvalue weighted by atomic mass is 16.3. The summed E-state index contributed by atoms with van der Waals surface area (Å²) in [4.78, 5) is 2.00. The van der Waals surface area contributed by atoms with Crippen LogP contribution < -0.4 is 10.6 Å². The zero-order chi connectivity index (χ0) is 13.9. The Bertz CT molecular complexity index is 429. The van der Waals surface area contributed by atoms with Crippen molar-refractivity contribution in [2.24, 2.45) is 0 Å². The molecule has 4 nitrogen and oxygen atoms in total. The van der Waals surface area contributed by atoms with E-state index >= 15 is 0 Å². The molecule has 3 N–H and O–H groups in total. The zero-order valence-electron chi connectivity index (χ0n) is 12.2. The van der Waals surface area contributed by atoms with Crippen LogP contribution >= 0.6 is 0 Å². The molecule has 4 heteroatoms. The van der Waals surface area contributed by atoms with Crippen molar-refractivity contribution >= 4 is 5.69 Å². The molecule has 0 aromatic heterocycles. The molecule has 1 aromatic rings. The smallest absolute Gasteiger partial charge is 0.0869 e. The number of hydrogen-bond acceptors (Lipinski definition) is 4. The van der Waals surface area contributed by atoms with E-state index in [4.69, 9.17) is 0 Å². The van der Waals surface area contributed by atoms with E-state index in [1.165, 1.54) is 16.8 Å². The van der Waals surface area contributed by atoms with Crippen LogP contribution in [0, 0.1) is 0 Å². The van der Waals surface area contributed by atoms with Gasteiger partial charge in [-0.3, -0.25) is 0 Å². The summed E-state index contributed by atoms with van der Waals surface area (Å²) in [6.07, 6.45) is 1.11. The third-order valence-electron chi connectivity index (χ3n) is 3.41. The van der Waals surface area contributed by atoms with Crippen molar-refractivity contribution in [3.63, 3.8) is 0 Å². The monoisotopic (exact) mass is 263 g/mol. The summed E-state index contributed by atoms with van der Waals surface area (Å²) < 4.78 is 0. The summed E-state index contributed by atoms with van der Waals surface area (Å²) >= 11 is 0. The molecule has 1 unspecified atom stereocenters. The molecule has 1 aliphatic rings. The Hall–Kier alpha value is -1.10. The Morgan fingerprint density at radius 1 is 1.42 bits per heavy atom. The second-order valence-corrected chi connectivity index (χ2v) is 5.97. The van der Waals surface area contributed by atoms with E-state index in [1.807, 2.05) is 25.9 Å². The van der Waals surface area contributed by atoms with Crippen molar-refractivity contribution in [1.82, 2.24) is 10.2 Å². The van der Waals surface area contributed by atoms with Gasteiger partial charge in [-0.1, -0.05) is 18.2 Å². The number of nitrogens with zero attached hydrogens (tertiary/aromatic N) is 1. The summed E-state index contributed by atoms with van der Waals surface area (Å²) in [6, 6.07) is 6.44. The van der Waals surface area contributed by atoms with E-state index in [1.54, 1.807) is 0 Å². The zero-order valence-corrected chi connectivity index (χ0v) is 12.2. The number of fused-ring (bicyclic) bond motifs is 1. The van der Waals surface area contributed by atoms with Crippen LogP contribution in [-0.2, 0) is 13.0 Å². The number of anilines is 1. The van der Waals surface area contributed by atoms with Gasteiger partial charge >= 0.3 is 0 Å². The van der Waals surface area contributed by atoms with Gasteiger partial charge in [-0.15, -0.1) is 0 Å². The van der Waals surface area contributed by atoms with E-state index < -0.39 is 5.60 Å². The largest absolute Gasteiger partial charge is 0.388 e. The first-order valence-electron chi connectivity index (χ1n) is 6.90. The third kappa shape index (κ3) is 3.93. The number of para-hydroxylation sites is 1. The van der Waals surface area contributed by atoms with Gasteiger partial charge in [0.1, 0.15) is 0 Å². The summed E-state index contributed by atoms with van der Waals surface area (Å²) in [7, 11) is 3.95. The van der Waals surface area contributed by atoms with Crippen LogP contribution in [0.2, 0.25) is 0 Å². The molecule has 0 saturated carbocycles. The number of hydrogen-bond donors (Lipinski definition) is 3. The lowest BCUT2D eigenvalue weighted by Crippen LogP contribution is -2.45. The van der Waals surface area contributed by atoms with Gasteiger partial charge in [-0.2, -0.15) is 0 Å². The molecule has 0 spiro atoms. The van der Waals surface area contributed by atoms with Crippen molar-refractivity contribution in [3.8, 4) is 0 Å². The highest BCUT2D eigenvalue weighted by Gasteiger charge is 2.21. The SMILES string of the molecule is CN(C)CC(C)(O)CNCc1cccc2c1NCC2. The standard InChI is InChI=1S/C15H25N3O/c1-15(19,11-18(2)3)10-16-9-13-6-4-5-12-7-8-17-14(12)13/h4-6,16-17,19H,7-11H2,1-3H3. The molecule has 0 saturated heterocycles. The van der Waals surface area contributed by atoms with E-state index in [-0.39, 0.29) is 0 Å². The molecule has 0 amide bonds. The molecular formula is C15H25N3O. The fourth-order valence-corrected chi connectivity index (χ4v) is 2.76. The minimum absolute atomic E-state index is 0.592. The lowest BCUT2D eigenvalue weighted by atomic mass is 10.1. The maximum absolute atomic E-state index is 10.2. The highest BCUT2D eigenvalue weighted by molar-refractivity contribution is 5.61. The number of nitrogens with one attached hydrogen (secondary N) is 2. The Labute approximate surface area is 115 Å². The molecule has 1 aliphatic heterocycles. The minimum Gasteiger partial charge on any atom is -0.388 e. The highest BCUT2D eigenvalue weighted by Crippen LogP contribution is 2.26. The number of aliphatic hydroxyl groups is 1. The second kappa shape index (κ2) is 5.90. The van der Waals surface area contributed by atoms with Crippen LogP contribution in [0.1, 0.15) is 18.1 Å². The van der Waals surface area contributed by atoms with Gasteiger partial charge in [0.2, 0.25) is 0 Å². The van der Waals surface area contributed by atoms with E-state index in [9.17, 15) is 5.11 Å². The molecule has 106 valence electrons. The predicted octanol–water partition coefficient (Wildman–Crippen LogP) is 1.06. The minimum atomic E-state index is -0.700. The van der Waals surface area contributed by atoms with Crippen LogP contribution in [0.25, 0.3) is 0 Å². The fourth-order valence-electron chi connectivity index (χ4n) is 2.76. The summed E-state index contributed by atoms with van der Waals surface area (Å²) in [5.41, 5.74) is 3.27. The number of benzene rings is 1. The van der Waals surface area contributed by atoms with Crippen molar-refractivity contribution in [1.29, 1.82) is 0 Å². The molecule has 1 heterocycles. The Morgan fingerprint density at radius 2 is 2.21 bits per heavy atom. The van der Waals surface area contributed by atoms with Crippen LogP contribution in [0.4, 0.5) is 5.69 Å². The molecule has 2 rings (SSSR count). The number of likely N-dealkylation sites (N-methyl/N-ethyl adjacent to an activating group) is 1. The van der Waals surface area contributed by atoms with Gasteiger partial charge < -0.3 is 20.6 Å². The van der Waals surface area contributed by atoms with Crippen molar-refractivity contribution in [3.05, 3.63) is 29.3 Å².